The molecule has 0 unspecified atom stereocenters. The van der Waals surface area contributed by atoms with Crippen LogP contribution in [0.4, 0.5) is 0 Å². The first-order chi connectivity index (χ1) is 11.2. The van der Waals surface area contributed by atoms with E-state index in [-0.39, 0.29) is 0 Å². The number of aryl methyl sites for hydroxylation is 2. The number of aliphatic hydroxyl groups excluding tert-OH is 4. The first kappa shape index (κ1) is 19.3. The van der Waals surface area contributed by atoms with E-state index in [1.807, 2.05) is 0 Å². The third-order valence-corrected chi connectivity index (χ3v) is 3.73. The molecule has 0 radical (unpaired) electrons. The molecule has 0 aliphatic rings. The Morgan fingerprint density at radius 2 is 0.826 bits per heavy atom. The lowest BCUT2D eigenvalue weighted by Crippen LogP contribution is -2.37. The maximum Gasteiger partial charge on any atom is 0.0627 e. The van der Waals surface area contributed by atoms with Gasteiger partial charge in [0.05, 0.1) is 31.8 Å². The lowest BCUT2D eigenvalue weighted by molar-refractivity contribution is -0.0328. The van der Waals surface area contributed by atoms with Gasteiger partial charge in [-0.2, -0.15) is 0 Å². The highest BCUT2D eigenvalue weighted by molar-refractivity contribution is 5.19. The first-order valence-corrected chi connectivity index (χ1v) is 7.71. The van der Waals surface area contributed by atoms with Crippen molar-refractivity contribution in [2.75, 3.05) is 26.4 Å². The van der Waals surface area contributed by atoms with Crippen molar-refractivity contribution < 1.29 is 20.4 Å². The molecule has 0 saturated heterocycles. The predicted octanol–water partition coefficient (Wildman–Crippen LogP) is 1.41. The van der Waals surface area contributed by atoms with Crippen molar-refractivity contribution >= 4 is 0 Å². The Labute approximate surface area is 137 Å². The maximum absolute atomic E-state index is 8.50. The van der Waals surface area contributed by atoms with E-state index >= 15 is 0 Å². The molecule has 0 atom stereocenters. The quantitative estimate of drug-likeness (QED) is 0.622. The van der Waals surface area contributed by atoms with Gasteiger partial charge in [-0.15, -0.1) is 0 Å². The second-order valence-electron chi connectivity index (χ2n) is 5.60. The van der Waals surface area contributed by atoms with Gasteiger partial charge in [-0.3, -0.25) is 0 Å². The zero-order valence-electron chi connectivity index (χ0n) is 13.3. The predicted molar refractivity (Wildman–Crippen MR) is 91.1 cm³/mol. The van der Waals surface area contributed by atoms with Gasteiger partial charge in [-0.25, -0.2) is 0 Å². The van der Waals surface area contributed by atoms with E-state index in [9.17, 15) is 0 Å². The van der Waals surface area contributed by atoms with Crippen molar-refractivity contribution in [1.82, 2.24) is 0 Å². The minimum atomic E-state index is -1.11. The van der Waals surface area contributed by atoms with Gasteiger partial charge in [-0.1, -0.05) is 60.7 Å². The first-order valence-electron chi connectivity index (χ1n) is 7.71. The average molecular weight is 318 g/mol. The second-order valence-corrected chi connectivity index (χ2v) is 5.60. The van der Waals surface area contributed by atoms with Crippen molar-refractivity contribution in [3.8, 4) is 0 Å². The second kappa shape index (κ2) is 10.9. The minimum absolute atomic E-state index is 0.406. The monoisotopic (exact) mass is 318 g/mol. The lowest BCUT2D eigenvalue weighted by Gasteiger charge is -2.23. The van der Waals surface area contributed by atoms with Crippen molar-refractivity contribution in [2.45, 2.75) is 12.8 Å². The Hall–Kier alpha value is -1.72. The molecule has 0 aliphatic carbocycles. The van der Waals surface area contributed by atoms with E-state index in [1.165, 1.54) is 11.1 Å². The van der Waals surface area contributed by atoms with E-state index in [2.05, 4.69) is 60.7 Å². The number of hydrogen-bond acceptors (Lipinski definition) is 4. The minimum Gasteiger partial charge on any atom is -0.396 e. The topological polar surface area (TPSA) is 80.9 Å². The summed E-state index contributed by atoms with van der Waals surface area (Å²) in [5.74, 6) is 0. The van der Waals surface area contributed by atoms with Crippen LogP contribution in [0.25, 0.3) is 0 Å². The SMILES string of the molecule is OCC(CO)(CO)CO.c1ccc(CCc2ccccc2)cc1. The normalized spacial score (nSPS) is 10.8. The van der Waals surface area contributed by atoms with Gasteiger partial charge in [0.15, 0.2) is 0 Å². The number of hydrogen-bond donors (Lipinski definition) is 4. The van der Waals surface area contributed by atoms with Gasteiger partial charge in [-0.05, 0) is 24.0 Å². The highest BCUT2D eigenvalue weighted by Crippen LogP contribution is 2.11. The van der Waals surface area contributed by atoms with Crippen LogP contribution in [-0.2, 0) is 12.8 Å². The number of rotatable bonds is 7. The molecule has 0 spiro atoms. The fourth-order valence-corrected chi connectivity index (χ4v) is 1.88. The summed E-state index contributed by atoms with van der Waals surface area (Å²) in [6.07, 6.45) is 2.26. The van der Waals surface area contributed by atoms with Gasteiger partial charge in [0.25, 0.3) is 0 Å². The van der Waals surface area contributed by atoms with Crippen molar-refractivity contribution in [2.24, 2.45) is 5.41 Å². The van der Waals surface area contributed by atoms with Gasteiger partial charge in [0.2, 0.25) is 0 Å². The molecule has 4 N–H and O–H groups in total. The van der Waals surface area contributed by atoms with Crippen LogP contribution >= 0.6 is 0 Å². The molecule has 0 aliphatic heterocycles. The third-order valence-electron chi connectivity index (χ3n) is 3.73. The van der Waals surface area contributed by atoms with Crippen LogP contribution in [0.15, 0.2) is 60.7 Å². The summed E-state index contributed by atoms with van der Waals surface area (Å²) in [4.78, 5) is 0. The van der Waals surface area contributed by atoms with Crippen molar-refractivity contribution in [3.63, 3.8) is 0 Å². The van der Waals surface area contributed by atoms with E-state index in [0.717, 1.165) is 12.8 Å². The highest BCUT2D eigenvalue weighted by Gasteiger charge is 2.26. The van der Waals surface area contributed by atoms with Crippen molar-refractivity contribution in [3.05, 3.63) is 71.8 Å². The van der Waals surface area contributed by atoms with Crippen LogP contribution in [-0.4, -0.2) is 46.9 Å². The van der Waals surface area contributed by atoms with Crippen LogP contribution in [0.1, 0.15) is 11.1 Å². The summed E-state index contributed by atoms with van der Waals surface area (Å²) in [5.41, 5.74) is 1.72. The number of aliphatic hydroxyl groups is 4. The highest BCUT2D eigenvalue weighted by atomic mass is 16.3. The Kier molecular flexibility index (Phi) is 9.17. The molecule has 4 heteroatoms. The third kappa shape index (κ3) is 6.93. The maximum atomic E-state index is 8.50. The zero-order chi connectivity index (χ0) is 17.0. The van der Waals surface area contributed by atoms with Crippen LogP contribution < -0.4 is 0 Å². The van der Waals surface area contributed by atoms with E-state index in [0.29, 0.717) is 0 Å². The van der Waals surface area contributed by atoms with Gasteiger partial charge in [0, 0.05) is 0 Å². The van der Waals surface area contributed by atoms with Gasteiger partial charge >= 0.3 is 0 Å². The lowest BCUT2D eigenvalue weighted by atomic mass is 9.93. The van der Waals surface area contributed by atoms with Crippen molar-refractivity contribution in [1.29, 1.82) is 0 Å². The Morgan fingerprint density at radius 3 is 1.04 bits per heavy atom. The van der Waals surface area contributed by atoms with E-state index < -0.39 is 31.8 Å². The van der Waals surface area contributed by atoms with E-state index in [1.54, 1.807) is 0 Å². The number of benzene rings is 2. The molecule has 0 fully saturated rings. The van der Waals surface area contributed by atoms with E-state index in [4.69, 9.17) is 20.4 Å². The molecule has 126 valence electrons. The molecule has 0 saturated carbocycles. The average Bonchev–Trinajstić information content (AvgIpc) is 2.65. The molecule has 2 rings (SSSR count). The summed E-state index contributed by atoms with van der Waals surface area (Å²) in [6.45, 7) is -1.62. The van der Waals surface area contributed by atoms with Gasteiger partial charge < -0.3 is 20.4 Å². The molecular weight excluding hydrogens is 292 g/mol. The Bertz CT molecular complexity index is 452. The summed E-state index contributed by atoms with van der Waals surface area (Å²) in [7, 11) is 0. The molecule has 0 aromatic heterocycles. The molecule has 0 bridgehead atoms. The molecule has 2 aromatic rings. The standard InChI is InChI=1S/C14H14.C5H12O4/c1-3-7-13(8-4-1)11-12-14-9-5-2-6-10-14;6-1-5(2-7,3-8)4-9/h1-10H,11-12H2;6-9H,1-4H2. The fourth-order valence-electron chi connectivity index (χ4n) is 1.88. The summed E-state index contributed by atoms with van der Waals surface area (Å²) >= 11 is 0. The largest absolute Gasteiger partial charge is 0.396 e. The zero-order valence-corrected chi connectivity index (χ0v) is 13.3. The molecule has 0 heterocycles. The van der Waals surface area contributed by atoms with Crippen LogP contribution in [0, 0.1) is 5.41 Å². The Morgan fingerprint density at radius 1 is 0.522 bits per heavy atom. The summed E-state index contributed by atoms with van der Waals surface area (Å²) < 4.78 is 0. The smallest absolute Gasteiger partial charge is 0.0627 e. The molecule has 23 heavy (non-hydrogen) atoms. The fraction of sp³-hybridized carbons (Fsp3) is 0.368. The molecule has 4 nitrogen and oxygen atoms in total. The van der Waals surface area contributed by atoms with Crippen LogP contribution in [0.2, 0.25) is 0 Å². The van der Waals surface area contributed by atoms with Crippen LogP contribution in [0.3, 0.4) is 0 Å². The molecular formula is C19H26O4. The Balaban J connectivity index is 0.000000257. The van der Waals surface area contributed by atoms with Crippen LogP contribution in [0.5, 0.6) is 0 Å². The summed E-state index contributed by atoms with van der Waals surface area (Å²) in [5, 5.41) is 34.0. The van der Waals surface area contributed by atoms with Gasteiger partial charge in [0.1, 0.15) is 0 Å². The molecule has 2 aromatic carbocycles. The molecule has 0 amide bonds. The summed E-state index contributed by atoms with van der Waals surface area (Å²) in [6, 6.07) is 21.2.